The molecular formula is C17H17ClN2O3. The minimum atomic E-state index is -0.291. The number of hydrogen-bond acceptors (Lipinski definition) is 3. The first-order valence-corrected chi connectivity index (χ1v) is 7.40. The molecule has 5 nitrogen and oxygen atoms in total. The molecule has 0 radical (unpaired) electrons. The van der Waals surface area contributed by atoms with Gasteiger partial charge in [-0.15, -0.1) is 0 Å². The van der Waals surface area contributed by atoms with Gasteiger partial charge < -0.3 is 15.4 Å². The normalized spacial score (nSPS) is 10.0. The van der Waals surface area contributed by atoms with E-state index in [2.05, 4.69) is 10.6 Å². The van der Waals surface area contributed by atoms with Crippen molar-refractivity contribution in [1.82, 2.24) is 10.6 Å². The minimum absolute atomic E-state index is 0.0957. The summed E-state index contributed by atoms with van der Waals surface area (Å²) in [5, 5.41) is 5.78. The Bertz CT molecular complexity index is 689. The molecule has 0 saturated carbocycles. The Hall–Kier alpha value is -2.53. The second-order valence-electron chi connectivity index (χ2n) is 4.78. The number of nitrogens with one attached hydrogen (secondary N) is 2. The summed E-state index contributed by atoms with van der Waals surface area (Å²) in [4.78, 5) is 23.6. The van der Waals surface area contributed by atoms with Gasteiger partial charge in [-0.25, -0.2) is 0 Å². The largest absolute Gasteiger partial charge is 0.497 e. The molecule has 2 amide bonds. The standard InChI is InChI=1S/C17H17ClN2O3/c1-23-14-8-7-13(15(18)9-14)10-19-16(21)11-20-17(22)12-5-3-2-4-6-12/h2-9H,10-11H2,1H3,(H,19,21)(H,20,22). The van der Waals surface area contributed by atoms with Crippen molar-refractivity contribution in [3.8, 4) is 5.75 Å². The quantitative estimate of drug-likeness (QED) is 0.853. The lowest BCUT2D eigenvalue weighted by atomic mass is 10.2. The van der Waals surface area contributed by atoms with E-state index in [9.17, 15) is 9.59 Å². The fraction of sp³-hybridized carbons (Fsp3) is 0.176. The first kappa shape index (κ1) is 16.8. The smallest absolute Gasteiger partial charge is 0.251 e. The Kier molecular flexibility index (Phi) is 6.00. The van der Waals surface area contributed by atoms with E-state index >= 15 is 0 Å². The predicted molar refractivity (Wildman–Crippen MR) is 88.6 cm³/mol. The number of halogens is 1. The number of hydrogen-bond donors (Lipinski definition) is 2. The number of amides is 2. The molecule has 0 spiro atoms. The lowest BCUT2D eigenvalue weighted by Crippen LogP contribution is -2.36. The summed E-state index contributed by atoms with van der Waals surface area (Å²) in [6, 6.07) is 14.0. The summed E-state index contributed by atoms with van der Waals surface area (Å²) in [6.45, 7) is 0.185. The van der Waals surface area contributed by atoms with E-state index in [1.807, 2.05) is 6.07 Å². The molecule has 0 aromatic heterocycles. The Labute approximate surface area is 139 Å². The monoisotopic (exact) mass is 332 g/mol. The molecule has 0 aliphatic carbocycles. The molecule has 23 heavy (non-hydrogen) atoms. The van der Waals surface area contributed by atoms with Crippen LogP contribution >= 0.6 is 11.6 Å². The summed E-state index contributed by atoms with van der Waals surface area (Å²) < 4.78 is 5.06. The fourth-order valence-electron chi connectivity index (χ4n) is 1.91. The van der Waals surface area contributed by atoms with Gasteiger partial charge in [0.15, 0.2) is 0 Å². The molecule has 0 saturated heterocycles. The van der Waals surface area contributed by atoms with E-state index in [0.29, 0.717) is 16.3 Å². The molecule has 0 atom stereocenters. The summed E-state index contributed by atoms with van der Waals surface area (Å²) >= 11 is 6.10. The van der Waals surface area contributed by atoms with E-state index in [4.69, 9.17) is 16.3 Å². The molecule has 2 rings (SSSR count). The van der Waals surface area contributed by atoms with Crippen LogP contribution in [0.5, 0.6) is 5.75 Å². The molecule has 120 valence electrons. The molecule has 6 heteroatoms. The van der Waals surface area contributed by atoms with Gasteiger partial charge in [-0.2, -0.15) is 0 Å². The van der Waals surface area contributed by atoms with Crippen LogP contribution in [-0.4, -0.2) is 25.5 Å². The second kappa shape index (κ2) is 8.19. The molecule has 0 aliphatic heterocycles. The molecular weight excluding hydrogens is 316 g/mol. The first-order chi connectivity index (χ1) is 11.1. The van der Waals surface area contributed by atoms with Gasteiger partial charge in [-0.05, 0) is 29.8 Å². The van der Waals surface area contributed by atoms with E-state index in [-0.39, 0.29) is 24.9 Å². The maximum Gasteiger partial charge on any atom is 0.251 e. The molecule has 0 aliphatic rings. The van der Waals surface area contributed by atoms with Gasteiger partial charge in [0, 0.05) is 17.1 Å². The highest BCUT2D eigenvalue weighted by Gasteiger charge is 2.08. The number of methoxy groups -OCH3 is 1. The third-order valence-corrected chi connectivity index (χ3v) is 3.53. The summed E-state index contributed by atoms with van der Waals surface area (Å²) in [5.41, 5.74) is 1.29. The highest BCUT2D eigenvalue weighted by molar-refractivity contribution is 6.31. The van der Waals surface area contributed by atoms with Crippen molar-refractivity contribution in [2.24, 2.45) is 0 Å². The van der Waals surface area contributed by atoms with Crippen LogP contribution in [0.3, 0.4) is 0 Å². The SMILES string of the molecule is COc1ccc(CNC(=O)CNC(=O)c2ccccc2)c(Cl)c1. The minimum Gasteiger partial charge on any atom is -0.497 e. The molecule has 2 N–H and O–H groups in total. The molecule has 0 heterocycles. The number of ether oxygens (including phenoxy) is 1. The zero-order valence-corrected chi connectivity index (χ0v) is 13.4. The van der Waals surface area contributed by atoms with Crippen molar-refractivity contribution in [3.63, 3.8) is 0 Å². The lowest BCUT2D eigenvalue weighted by molar-refractivity contribution is -0.120. The Morgan fingerprint density at radius 3 is 2.48 bits per heavy atom. The highest BCUT2D eigenvalue weighted by atomic mass is 35.5. The zero-order chi connectivity index (χ0) is 16.7. The average Bonchev–Trinajstić information content (AvgIpc) is 2.59. The van der Waals surface area contributed by atoms with Crippen LogP contribution in [0, 0.1) is 0 Å². The van der Waals surface area contributed by atoms with Crippen LogP contribution < -0.4 is 15.4 Å². The van der Waals surface area contributed by atoms with E-state index < -0.39 is 0 Å². The summed E-state index contributed by atoms with van der Waals surface area (Å²) in [7, 11) is 1.56. The van der Waals surface area contributed by atoms with E-state index in [1.54, 1.807) is 49.6 Å². The van der Waals surface area contributed by atoms with Gasteiger partial charge in [-0.3, -0.25) is 9.59 Å². The van der Waals surface area contributed by atoms with Crippen molar-refractivity contribution < 1.29 is 14.3 Å². The van der Waals surface area contributed by atoms with Crippen LogP contribution in [0.25, 0.3) is 0 Å². The van der Waals surface area contributed by atoms with Crippen LogP contribution in [0.4, 0.5) is 0 Å². The van der Waals surface area contributed by atoms with Gasteiger partial charge in [0.2, 0.25) is 5.91 Å². The third-order valence-electron chi connectivity index (χ3n) is 3.18. The molecule has 0 fully saturated rings. The number of carbonyl (C=O) groups excluding carboxylic acids is 2. The average molecular weight is 333 g/mol. The molecule has 0 bridgehead atoms. The summed E-state index contributed by atoms with van der Waals surface area (Å²) in [5.74, 6) is 0.0737. The van der Waals surface area contributed by atoms with Crippen LogP contribution in [0.15, 0.2) is 48.5 Å². The maximum absolute atomic E-state index is 11.8. The van der Waals surface area contributed by atoms with Crippen molar-refractivity contribution in [2.45, 2.75) is 6.54 Å². The lowest BCUT2D eigenvalue weighted by Gasteiger charge is -2.09. The second-order valence-corrected chi connectivity index (χ2v) is 5.19. The predicted octanol–water partition coefficient (Wildman–Crippen LogP) is 2.39. The van der Waals surface area contributed by atoms with Crippen molar-refractivity contribution in [2.75, 3.05) is 13.7 Å². The van der Waals surface area contributed by atoms with E-state index in [0.717, 1.165) is 5.56 Å². The van der Waals surface area contributed by atoms with Gasteiger partial charge in [0.05, 0.1) is 13.7 Å². The maximum atomic E-state index is 11.8. The third kappa shape index (κ3) is 5.00. The van der Waals surface area contributed by atoms with Gasteiger partial charge in [0.1, 0.15) is 5.75 Å². The van der Waals surface area contributed by atoms with Gasteiger partial charge in [0.25, 0.3) is 5.91 Å². The number of benzene rings is 2. The van der Waals surface area contributed by atoms with Crippen molar-refractivity contribution in [3.05, 3.63) is 64.7 Å². The number of rotatable bonds is 6. The Morgan fingerprint density at radius 2 is 1.83 bits per heavy atom. The van der Waals surface area contributed by atoms with Gasteiger partial charge in [-0.1, -0.05) is 35.9 Å². The van der Waals surface area contributed by atoms with Crippen LogP contribution in [0.1, 0.15) is 15.9 Å². The summed E-state index contributed by atoms with van der Waals surface area (Å²) in [6.07, 6.45) is 0. The molecule has 2 aromatic carbocycles. The zero-order valence-electron chi connectivity index (χ0n) is 12.6. The topological polar surface area (TPSA) is 67.4 Å². The van der Waals surface area contributed by atoms with Crippen LogP contribution in [0.2, 0.25) is 5.02 Å². The van der Waals surface area contributed by atoms with Gasteiger partial charge >= 0.3 is 0 Å². The van der Waals surface area contributed by atoms with E-state index in [1.165, 1.54) is 0 Å². The van der Waals surface area contributed by atoms with Crippen LogP contribution in [-0.2, 0) is 11.3 Å². The molecule has 2 aromatic rings. The Morgan fingerprint density at radius 1 is 1.09 bits per heavy atom. The fourth-order valence-corrected chi connectivity index (χ4v) is 2.14. The van der Waals surface area contributed by atoms with Crippen molar-refractivity contribution in [1.29, 1.82) is 0 Å². The highest BCUT2D eigenvalue weighted by Crippen LogP contribution is 2.22. The Balaban J connectivity index is 1.80. The number of carbonyl (C=O) groups is 2. The molecule has 0 unspecified atom stereocenters. The first-order valence-electron chi connectivity index (χ1n) is 7.02. The van der Waals surface area contributed by atoms with Crippen molar-refractivity contribution >= 4 is 23.4 Å².